The van der Waals surface area contributed by atoms with Crippen molar-refractivity contribution < 1.29 is 9.59 Å². The van der Waals surface area contributed by atoms with Crippen molar-refractivity contribution >= 4 is 17.5 Å². The van der Waals surface area contributed by atoms with Gasteiger partial charge in [-0.3, -0.25) is 14.6 Å². The third-order valence-corrected chi connectivity index (χ3v) is 3.67. The molecule has 5 heteroatoms. The van der Waals surface area contributed by atoms with Gasteiger partial charge in [-0.25, -0.2) is 0 Å². The number of aromatic nitrogens is 1. The third kappa shape index (κ3) is 5.19. The Morgan fingerprint density at radius 2 is 1.71 bits per heavy atom. The third-order valence-electron chi connectivity index (χ3n) is 3.67. The number of benzene rings is 1. The minimum atomic E-state index is -0.293. The van der Waals surface area contributed by atoms with E-state index in [0.29, 0.717) is 13.1 Å². The number of anilines is 1. The van der Waals surface area contributed by atoms with E-state index in [1.165, 1.54) is 0 Å². The van der Waals surface area contributed by atoms with E-state index in [9.17, 15) is 9.59 Å². The molecule has 1 aromatic heterocycles. The van der Waals surface area contributed by atoms with Crippen molar-refractivity contribution in [2.45, 2.75) is 33.7 Å². The second-order valence-corrected chi connectivity index (χ2v) is 5.86. The van der Waals surface area contributed by atoms with E-state index in [4.69, 9.17) is 0 Å². The molecule has 0 aliphatic heterocycles. The molecule has 1 heterocycles. The molecule has 0 unspecified atom stereocenters. The summed E-state index contributed by atoms with van der Waals surface area (Å²) in [5, 5.41) is 2.80. The van der Waals surface area contributed by atoms with Gasteiger partial charge >= 0.3 is 0 Å². The summed E-state index contributed by atoms with van der Waals surface area (Å²) in [6.45, 7) is 6.89. The van der Waals surface area contributed by atoms with Gasteiger partial charge in [0.2, 0.25) is 11.8 Å². The Morgan fingerprint density at radius 1 is 1.08 bits per heavy atom. The molecule has 0 saturated heterocycles. The predicted molar refractivity (Wildman–Crippen MR) is 94.5 cm³/mol. The van der Waals surface area contributed by atoms with E-state index in [0.717, 1.165) is 22.4 Å². The van der Waals surface area contributed by atoms with Gasteiger partial charge in [-0.15, -0.1) is 0 Å². The summed E-state index contributed by atoms with van der Waals surface area (Å²) in [7, 11) is 0. The lowest BCUT2D eigenvalue weighted by molar-refractivity contribution is -0.134. The summed E-state index contributed by atoms with van der Waals surface area (Å²) < 4.78 is 0. The van der Waals surface area contributed by atoms with Gasteiger partial charge in [0.15, 0.2) is 0 Å². The Balaban J connectivity index is 1.95. The number of aryl methyl sites for hydroxylation is 2. The molecule has 0 aliphatic rings. The number of carbonyl (C=O) groups is 2. The first-order valence-electron chi connectivity index (χ1n) is 8.02. The number of pyridine rings is 1. The molecule has 0 saturated carbocycles. The Morgan fingerprint density at radius 3 is 2.29 bits per heavy atom. The maximum absolute atomic E-state index is 12.4. The highest BCUT2D eigenvalue weighted by Gasteiger charge is 2.16. The van der Waals surface area contributed by atoms with E-state index < -0.39 is 0 Å². The molecule has 126 valence electrons. The number of nitrogens with zero attached hydrogens (tertiary/aromatic N) is 2. The SMILES string of the molecule is CCN(Cc1ccncc1)C(=O)CC(=O)Nc1cc(C)cc(C)c1. The average Bonchev–Trinajstić information content (AvgIpc) is 2.52. The first-order chi connectivity index (χ1) is 11.5. The smallest absolute Gasteiger partial charge is 0.233 e. The van der Waals surface area contributed by atoms with Crippen molar-refractivity contribution in [3.05, 3.63) is 59.4 Å². The van der Waals surface area contributed by atoms with E-state index in [-0.39, 0.29) is 18.2 Å². The molecule has 5 nitrogen and oxygen atoms in total. The van der Waals surface area contributed by atoms with E-state index in [1.807, 2.05) is 51.1 Å². The summed E-state index contributed by atoms with van der Waals surface area (Å²) in [4.78, 5) is 30.1. The monoisotopic (exact) mass is 325 g/mol. The minimum absolute atomic E-state index is 0.161. The molecule has 0 bridgehead atoms. The molecule has 0 radical (unpaired) electrons. The fourth-order valence-electron chi connectivity index (χ4n) is 2.59. The van der Waals surface area contributed by atoms with Gasteiger partial charge in [-0.2, -0.15) is 0 Å². The van der Waals surface area contributed by atoms with Gasteiger partial charge in [0.05, 0.1) is 0 Å². The fourth-order valence-corrected chi connectivity index (χ4v) is 2.59. The molecule has 2 aromatic rings. The van der Waals surface area contributed by atoms with E-state index in [2.05, 4.69) is 10.3 Å². The zero-order valence-electron chi connectivity index (χ0n) is 14.4. The normalized spacial score (nSPS) is 10.3. The quantitative estimate of drug-likeness (QED) is 0.830. The maximum Gasteiger partial charge on any atom is 0.233 e. The van der Waals surface area contributed by atoms with Gasteiger partial charge < -0.3 is 10.2 Å². The molecular formula is C19H23N3O2. The molecule has 1 aromatic carbocycles. The van der Waals surface area contributed by atoms with Gasteiger partial charge in [0.1, 0.15) is 6.42 Å². The minimum Gasteiger partial charge on any atom is -0.338 e. The zero-order valence-corrected chi connectivity index (χ0v) is 14.4. The highest BCUT2D eigenvalue weighted by atomic mass is 16.2. The number of rotatable bonds is 6. The van der Waals surface area contributed by atoms with Crippen molar-refractivity contribution in [1.82, 2.24) is 9.88 Å². The van der Waals surface area contributed by atoms with Gasteiger partial charge in [-0.1, -0.05) is 6.07 Å². The summed E-state index contributed by atoms with van der Waals surface area (Å²) >= 11 is 0. The van der Waals surface area contributed by atoms with Crippen LogP contribution >= 0.6 is 0 Å². The van der Waals surface area contributed by atoms with Crippen LogP contribution in [-0.4, -0.2) is 28.2 Å². The van der Waals surface area contributed by atoms with E-state index in [1.54, 1.807) is 17.3 Å². The van der Waals surface area contributed by atoms with Crippen LogP contribution in [0.5, 0.6) is 0 Å². The predicted octanol–water partition coefficient (Wildman–Crippen LogP) is 3.08. The van der Waals surface area contributed by atoms with Crippen LogP contribution in [0.25, 0.3) is 0 Å². The summed E-state index contributed by atoms with van der Waals surface area (Å²) in [6.07, 6.45) is 3.23. The fraction of sp³-hybridized carbons (Fsp3) is 0.316. The second-order valence-electron chi connectivity index (χ2n) is 5.86. The van der Waals surface area contributed by atoms with Crippen LogP contribution in [0.2, 0.25) is 0 Å². The molecule has 1 N–H and O–H groups in total. The maximum atomic E-state index is 12.4. The molecule has 2 rings (SSSR count). The first-order valence-corrected chi connectivity index (χ1v) is 8.02. The van der Waals surface area contributed by atoms with Crippen molar-refractivity contribution in [3.8, 4) is 0 Å². The molecule has 0 atom stereocenters. The highest BCUT2D eigenvalue weighted by Crippen LogP contribution is 2.14. The summed E-state index contributed by atoms with van der Waals surface area (Å²) in [5.41, 5.74) is 3.87. The first kappa shape index (κ1) is 17.7. The zero-order chi connectivity index (χ0) is 17.5. The standard InChI is InChI=1S/C19H23N3O2/c1-4-22(13-16-5-7-20-8-6-16)19(24)12-18(23)21-17-10-14(2)9-15(3)11-17/h5-11H,4,12-13H2,1-3H3,(H,21,23). The van der Waals surface area contributed by atoms with Crippen molar-refractivity contribution in [3.63, 3.8) is 0 Å². The molecule has 2 amide bonds. The molecule has 0 aliphatic carbocycles. The average molecular weight is 325 g/mol. The Hall–Kier alpha value is -2.69. The van der Waals surface area contributed by atoms with Crippen LogP contribution in [0.3, 0.4) is 0 Å². The molecule has 0 spiro atoms. The van der Waals surface area contributed by atoms with Crippen LogP contribution in [0.4, 0.5) is 5.69 Å². The number of amides is 2. The molecule has 0 fully saturated rings. The van der Waals surface area contributed by atoms with Crippen LogP contribution in [0.1, 0.15) is 30.0 Å². The van der Waals surface area contributed by atoms with Gasteiger partial charge in [0, 0.05) is 31.2 Å². The van der Waals surface area contributed by atoms with Gasteiger partial charge in [-0.05, 0) is 61.7 Å². The number of carbonyl (C=O) groups excluding carboxylic acids is 2. The number of hydrogen-bond donors (Lipinski definition) is 1. The summed E-state index contributed by atoms with van der Waals surface area (Å²) in [6, 6.07) is 9.55. The van der Waals surface area contributed by atoms with Crippen molar-refractivity contribution in [2.24, 2.45) is 0 Å². The number of hydrogen-bond acceptors (Lipinski definition) is 3. The lowest BCUT2D eigenvalue weighted by atomic mass is 10.1. The Kier molecular flexibility index (Phi) is 6.07. The molecular weight excluding hydrogens is 302 g/mol. The highest BCUT2D eigenvalue weighted by molar-refractivity contribution is 6.03. The second kappa shape index (κ2) is 8.24. The van der Waals surface area contributed by atoms with Crippen LogP contribution in [0.15, 0.2) is 42.7 Å². The summed E-state index contributed by atoms with van der Waals surface area (Å²) in [5.74, 6) is -0.477. The van der Waals surface area contributed by atoms with Crippen LogP contribution < -0.4 is 5.32 Å². The Bertz CT molecular complexity index is 694. The van der Waals surface area contributed by atoms with E-state index >= 15 is 0 Å². The van der Waals surface area contributed by atoms with Crippen LogP contribution in [0, 0.1) is 13.8 Å². The largest absolute Gasteiger partial charge is 0.338 e. The van der Waals surface area contributed by atoms with Crippen molar-refractivity contribution in [1.29, 1.82) is 0 Å². The topological polar surface area (TPSA) is 62.3 Å². The Labute approximate surface area is 142 Å². The number of nitrogens with one attached hydrogen (secondary N) is 1. The lowest BCUT2D eigenvalue weighted by Crippen LogP contribution is -2.33. The molecule has 24 heavy (non-hydrogen) atoms. The van der Waals surface area contributed by atoms with Crippen LogP contribution in [-0.2, 0) is 16.1 Å². The van der Waals surface area contributed by atoms with Crippen molar-refractivity contribution in [2.75, 3.05) is 11.9 Å². The lowest BCUT2D eigenvalue weighted by Gasteiger charge is -2.20. The van der Waals surface area contributed by atoms with Gasteiger partial charge in [0.25, 0.3) is 0 Å².